The maximum absolute atomic E-state index is 14.7. The van der Waals surface area contributed by atoms with E-state index in [2.05, 4.69) is 5.32 Å². The van der Waals surface area contributed by atoms with Gasteiger partial charge in [0.05, 0.1) is 13.7 Å². The zero-order valence-electron chi connectivity index (χ0n) is 22.4. The molecule has 38 heavy (non-hydrogen) atoms. The van der Waals surface area contributed by atoms with Crippen molar-refractivity contribution in [3.05, 3.63) is 95.8 Å². The number of nitrogens with zero attached hydrogens (tertiary/aromatic N) is 1. The summed E-state index contributed by atoms with van der Waals surface area (Å²) < 4.78 is 25.6. The number of carbonyl (C=O) groups excluding carboxylic acids is 2. The largest absolute Gasteiger partial charge is 0.497 e. The minimum absolute atomic E-state index is 0.00370. The van der Waals surface area contributed by atoms with Crippen molar-refractivity contribution in [2.75, 3.05) is 13.7 Å². The number of hydrogen-bond donors (Lipinski definition) is 1. The summed E-state index contributed by atoms with van der Waals surface area (Å²) in [7, 11) is 1.60. The maximum atomic E-state index is 14.7. The minimum atomic E-state index is -0.791. The summed E-state index contributed by atoms with van der Waals surface area (Å²) in [5.74, 6) is 0.524. The van der Waals surface area contributed by atoms with Gasteiger partial charge in [0.25, 0.3) is 0 Å². The molecule has 202 valence electrons. The fraction of sp³-hybridized carbons (Fsp3) is 0.355. The van der Waals surface area contributed by atoms with Crippen molar-refractivity contribution in [2.45, 2.75) is 58.2 Å². The third-order valence-electron chi connectivity index (χ3n) is 6.43. The van der Waals surface area contributed by atoms with Crippen molar-refractivity contribution in [2.24, 2.45) is 0 Å². The van der Waals surface area contributed by atoms with E-state index < -0.39 is 11.9 Å². The van der Waals surface area contributed by atoms with E-state index in [0.717, 1.165) is 17.7 Å². The van der Waals surface area contributed by atoms with Crippen molar-refractivity contribution in [1.29, 1.82) is 0 Å². The SMILES string of the molecule is CC[C@@H](C)NC(=O)[C@H](Cc1ccccc1)N(Cc1ccccc1F)C(=O)CCCOc1ccc(OC)cc1. The molecule has 3 aromatic carbocycles. The van der Waals surface area contributed by atoms with Crippen molar-refractivity contribution in [3.63, 3.8) is 0 Å². The van der Waals surface area contributed by atoms with Crippen LogP contribution in [0, 0.1) is 5.82 Å². The number of methoxy groups -OCH3 is 1. The van der Waals surface area contributed by atoms with Gasteiger partial charge in [-0.15, -0.1) is 0 Å². The van der Waals surface area contributed by atoms with E-state index >= 15 is 0 Å². The molecule has 2 amide bonds. The van der Waals surface area contributed by atoms with Crippen LogP contribution in [0.3, 0.4) is 0 Å². The molecular weight excluding hydrogens is 483 g/mol. The molecule has 3 aromatic rings. The average Bonchev–Trinajstić information content (AvgIpc) is 2.94. The van der Waals surface area contributed by atoms with E-state index in [1.54, 1.807) is 49.6 Å². The topological polar surface area (TPSA) is 67.9 Å². The maximum Gasteiger partial charge on any atom is 0.243 e. The Kier molecular flexibility index (Phi) is 11.1. The molecule has 2 atom stereocenters. The molecular formula is C31H37FN2O4. The van der Waals surface area contributed by atoms with E-state index in [-0.39, 0.29) is 30.8 Å². The van der Waals surface area contributed by atoms with Crippen LogP contribution in [0.4, 0.5) is 4.39 Å². The first-order valence-corrected chi connectivity index (χ1v) is 13.0. The molecule has 0 saturated heterocycles. The molecule has 3 rings (SSSR count). The highest BCUT2D eigenvalue weighted by atomic mass is 19.1. The van der Waals surface area contributed by atoms with Crippen molar-refractivity contribution in [3.8, 4) is 11.5 Å². The highest BCUT2D eigenvalue weighted by Gasteiger charge is 2.31. The Morgan fingerprint density at radius 1 is 0.947 bits per heavy atom. The van der Waals surface area contributed by atoms with Gasteiger partial charge in [-0.3, -0.25) is 9.59 Å². The molecule has 0 aliphatic heterocycles. The van der Waals surface area contributed by atoms with Gasteiger partial charge in [-0.2, -0.15) is 0 Å². The number of hydrogen-bond acceptors (Lipinski definition) is 4. The third-order valence-corrected chi connectivity index (χ3v) is 6.43. The van der Waals surface area contributed by atoms with Gasteiger partial charge >= 0.3 is 0 Å². The van der Waals surface area contributed by atoms with E-state index in [1.165, 1.54) is 11.0 Å². The summed E-state index contributed by atoms with van der Waals surface area (Å²) in [5, 5.41) is 3.02. The summed E-state index contributed by atoms with van der Waals surface area (Å²) in [6, 6.07) is 22.3. The van der Waals surface area contributed by atoms with Crippen LogP contribution in [-0.2, 0) is 22.6 Å². The van der Waals surface area contributed by atoms with Crippen molar-refractivity contribution < 1.29 is 23.5 Å². The van der Waals surface area contributed by atoms with Crippen molar-refractivity contribution >= 4 is 11.8 Å². The summed E-state index contributed by atoms with van der Waals surface area (Å²) in [4.78, 5) is 28.6. The summed E-state index contributed by atoms with van der Waals surface area (Å²) in [5.41, 5.74) is 1.29. The average molecular weight is 521 g/mol. The molecule has 0 spiro atoms. The molecule has 0 bridgehead atoms. The number of amides is 2. The molecule has 7 heteroatoms. The molecule has 0 aromatic heterocycles. The first-order chi connectivity index (χ1) is 18.4. The van der Waals surface area contributed by atoms with Crippen LogP contribution >= 0.6 is 0 Å². The van der Waals surface area contributed by atoms with Gasteiger partial charge in [-0.25, -0.2) is 4.39 Å². The van der Waals surface area contributed by atoms with Gasteiger partial charge in [0.15, 0.2) is 0 Å². The van der Waals surface area contributed by atoms with Crippen LogP contribution in [0.15, 0.2) is 78.9 Å². The lowest BCUT2D eigenvalue weighted by atomic mass is 10.0. The second-order valence-electron chi connectivity index (χ2n) is 9.26. The number of benzene rings is 3. The lowest BCUT2D eigenvalue weighted by Gasteiger charge is -2.32. The van der Waals surface area contributed by atoms with Crippen LogP contribution in [0.25, 0.3) is 0 Å². The summed E-state index contributed by atoms with van der Waals surface area (Å²) in [6.45, 7) is 4.24. The van der Waals surface area contributed by atoms with Gasteiger partial charge in [-0.1, -0.05) is 55.5 Å². The highest BCUT2D eigenvalue weighted by molar-refractivity contribution is 5.88. The number of nitrogens with one attached hydrogen (secondary N) is 1. The summed E-state index contributed by atoms with van der Waals surface area (Å²) >= 11 is 0. The van der Waals surface area contributed by atoms with Crippen molar-refractivity contribution in [1.82, 2.24) is 10.2 Å². The number of halogens is 1. The molecule has 0 radical (unpaired) electrons. The molecule has 0 saturated carbocycles. The van der Waals surface area contributed by atoms with Gasteiger partial charge in [-0.05, 0) is 55.7 Å². The quantitative estimate of drug-likeness (QED) is 0.283. The molecule has 1 N–H and O–H groups in total. The second kappa shape index (κ2) is 14.8. The zero-order valence-corrected chi connectivity index (χ0v) is 22.4. The van der Waals surface area contributed by atoms with Crippen LogP contribution in [0.2, 0.25) is 0 Å². The lowest BCUT2D eigenvalue weighted by molar-refractivity contribution is -0.141. The number of rotatable bonds is 14. The zero-order chi connectivity index (χ0) is 27.3. The van der Waals surface area contributed by atoms with Gasteiger partial charge in [0, 0.05) is 31.0 Å². The Balaban J connectivity index is 1.78. The number of carbonyl (C=O) groups is 2. The standard InChI is InChI=1S/C31H37FN2O4/c1-4-23(2)33-31(36)29(21-24-11-6-5-7-12-24)34(22-25-13-8-9-14-28(25)32)30(35)15-10-20-38-27-18-16-26(37-3)17-19-27/h5-9,11-14,16-19,23,29H,4,10,15,20-22H2,1-3H3,(H,33,36)/t23-,29+/m1/s1. The lowest BCUT2D eigenvalue weighted by Crippen LogP contribution is -2.52. The smallest absolute Gasteiger partial charge is 0.243 e. The van der Waals surface area contributed by atoms with E-state index in [4.69, 9.17) is 9.47 Å². The van der Waals surface area contributed by atoms with Crippen LogP contribution in [0.1, 0.15) is 44.2 Å². The highest BCUT2D eigenvalue weighted by Crippen LogP contribution is 2.20. The molecule has 0 aliphatic rings. The predicted molar refractivity (Wildman–Crippen MR) is 147 cm³/mol. The minimum Gasteiger partial charge on any atom is -0.497 e. The predicted octanol–water partition coefficient (Wildman–Crippen LogP) is 5.55. The van der Waals surface area contributed by atoms with E-state index in [1.807, 2.05) is 44.2 Å². The van der Waals surface area contributed by atoms with Gasteiger partial charge in [0.2, 0.25) is 11.8 Å². The Bertz CT molecular complexity index is 1150. The Morgan fingerprint density at radius 2 is 1.61 bits per heavy atom. The van der Waals surface area contributed by atoms with Crippen LogP contribution in [-0.4, -0.2) is 42.5 Å². The van der Waals surface area contributed by atoms with Crippen LogP contribution in [0.5, 0.6) is 11.5 Å². The fourth-order valence-electron chi connectivity index (χ4n) is 4.03. The second-order valence-corrected chi connectivity index (χ2v) is 9.26. The Hall–Kier alpha value is -3.87. The molecule has 0 aliphatic carbocycles. The first-order valence-electron chi connectivity index (χ1n) is 13.0. The molecule has 0 fully saturated rings. The molecule has 0 heterocycles. The monoisotopic (exact) mass is 520 g/mol. The first kappa shape index (κ1) is 28.7. The number of ether oxygens (including phenoxy) is 2. The Labute approximate surface area is 224 Å². The van der Waals surface area contributed by atoms with E-state index in [9.17, 15) is 14.0 Å². The van der Waals surface area contributed by atoms with Gasteiger partial charge < -0.3 is 19.7 Å². The van der Waals surface area contributed by atoms with E-state index in [0.29, 0.717) is 30.8 Å². The molecule has 0 unspecified atom stereocenters. The Morgan fingerprint density at radius 3 is 2.26 bits per heavy atom. The van der Waals surface area contributed by atoms with Gasteiger partial charge in [0.1, 0.15) is 23.4 Å². The summed E-state index contributed by atoms with van der Waals surface area (Å²) in [6.07, 6.45) is 1.69. The fourth-order valence-corrected chi connectivity index (χ4v) is 4.03. The third kappa shape index (κ3) is 8.61. The van der Waals surface area contributed by atoms with Crippen LogP contribution < -0.4 is 14.8 Å². The molecule has 6 nitrogen and oxygen atoms in total. The normalized spacial score (nSPS) is 12.3.